The van der Waals surface area contributed by atoms with Crippen molar-refractivity contribution in [2.75, 3.05) is 0 Å². The Morgan fingerprint density at radius 2 is 1.38 bits per heavy atom. The Labute approximate surface area is 177 Å². The fourth-order valence-corrected chi connectivity index (χ4v) is 2.60. The van der Waals surface area contributed by atoms with Gasteiger partial charge in [0.25, 0.3) is 0 Å². The molecule has 9 heteroatoms. The summed E-state index contributed by atoms with van der Waals surface area (Å²) in [4.78, 5) is 10.4. The van der Waals surface area contributed by atoms with Gasteiger partial charge in [-0.15, -0.1) is 6.58 Å². The monoisotopic (exact) mass is 458 g/mol. The number of hydrogen-bond donors (Lipinski definition) is 0. The summed E-state index contributed by atoms with van der Waals surface area (Å²) in [6.07, 6.45) is 2.48. The van der Waals surface area contributed by atoms with E-state index in [1.54, 1.807) is 6.08 Å². The molecule has 0 aliphatic rings. The van der Waals surface area contributed by atoms with Crippen LogP contribution in [0.25, 0.3) is 11.1 Å². The first-order valence-electron chi connectivity index (χ1n) is 8.94. The predicted molar refractivity (Wildman–Crippen MR) is 102 cm³/mol. The van der Waals surface area contributed by atoms with Crippen molar-refractivity contribution in [1.29, 1.82) is 0 Å². The fraction of sp³-hybridized carbons (Fsp3) is 0.0870. The van der Waals surface area contributed by atoms with Gasteiger partial charge in [-0.1, -0.05) is 18.2 Å². The Kier molecular flexibility index (Phi) is 8.28. The molecule has 0 spiro atoms. The molecule has 0 atom stereocenters. The zero-order chi connectivity index (χ0) is 24.0. The fourth-order valence-electron chi connectivity index (χ4n) is 2.60. The largest absolute Gasteiger partial charge is 0.332 e. The highest BCUT2D eigenvalue weighted by Gasteiger charge is 2.15. The molecule has 0 unspecified atom stereocenters. The maximum atomic E-state index is 13.6. The molecule has 168 valence electrons. The molecule has 0 bridgehead atoms. The summed E-state index contributed by atoms with van der Waals surface area (Å²) in [5, 5.41) is 0. The highest BCUT2D eigenvalue weighted by Crippen LogP contribution is 2.27. The van der Waals surface area contributed by atoms with Crippen molar-refractivity contribution in [3.63, 3.8) is 0 Å². The first kappa shape index (κ1) is 24.8. The zero-order valence-electron chi connectivity index (χ0n) is 16.2. The van der Waals surface area contributed by atoms with Gasteiger partial charge in [-0.3, -0.25) is 4.79 Å². The lowest BCUT2D eigenvalue weighted by Gasteiger charge is -2.06. The quantitative estimate of drug-likeness (QED) is 0.170. The van der Waals surface area contributed by atoms with E-state index < -0.39 is 52.3 Å². The molecule has 3 aromatic rings. The molecular formula is C23H14F8O. The van der Waals surface area contributed by atoms with E-state index in [0.717, 1.165) is 18.2 Å². The number of rotatable bonds is 5. The molecule has 0 saturated heterocycles. The predicted octanol–water partition coefficient (Wildman–Crippen LogP) is 7.24. The van der Waals surface area contributed by atoms with E-state index in [1.165, 1.54) is 6.07 Å². The smallest absolute Gasteiger partial charge is 0.255 e. The van der Waals surface area contributed by atoms with Gasteiger partial charge in [-0.2, -0.15) is 4.39 Å². The zero-order valence-corrected chi connectivity index (χ0v) is 16.2. The molecule has 32 heavy (non-hydrogen) atoms. The Hall–Kier alpha value is -3.49. The third-order valence-electron chi connectivity index (χ3n) is 4.22. The topological polar surface area (TPSA) is 17.1 Å². The lowest BCUT2D eigenvalue weighted by atomic mass is 10.0. The Bertz CT molecular complexity index is 1130. The van der Waals surface area contributed by atoms with Crippen LogP contribution in [0.2, 0.25) is 0 Å². The minimum absolute atomic E-state index is 0.179. The summed E-state index contributed by atoms with van der Waals surface area (Å²) in [7, 11) is 0. The number of aryl methyl sites for hydroxylation is 1. The molecule has 0 N–H and O–H groups in total. The second kappa shape index (κ2) is 10.7. The van der Waals surface area contributed by atoms with E-state index in [-0.39, 0.29) is 16.7 Å². The van der Waals surface area contributed by atoms with Crippen molar-refractivity contribution in [3.05, 3.63) is 107 Å². The lowest BCUT2D eigenvalue weighted by Crippen LogP contribution is -1.97. The number of carbonyl (C=O) groups excluding carboxylic acids is 1. The van der Waals surface area contributed by atoms with E-state index in [9.17, 15) is 39.9 Å². The number of halogens is 8. The van der Waals surface area contributed by atoms with Gasteiger partial charge < -0.3 is 0 Å². The van der Waals surface area contributed by atoms with Crippen LogP contribution in [-0.2, 0) is 6.42 Å². The molecule has 3 aromatic carbocycles. The molecule has 3 rings (SSSR count). The van der Waals surface area contributed by atoms with Gasteiger partial charge in [-0.05, 0) is 54.3 Å². The maximum absolute atomic E-state index is 13.6. The van der Waals surface area contributed by atoms with E-state index in [2.05, 4.69) is 6.58 Å². The summed E-state index contributed by atoms with van der Waals surface area (Å²) in [5.74, 6) is -9.31. The summed E-state index contributed by atoms with van der Waals surface area (Å²) in [6, 6.07) is 4.09. The van der Waals surface area contributed by atoms with Gasteiger partial charge >= 0.3 is 6.04 Å². The molecule has 0 fully saturated rings. The number of carbonyl (C=O) groups is 1. The molecule has 0 radical (unpaired) electrons. The molecule has 1 nitrogen and oxygen atoms in total. The van der Waals surface area contributed by atoms with E-state index in [4.69, 9.17) is 0 Å². The minimum atomic E-state index is -1.83. The van der Waals surface area contributed by atoms with Crippen molar-refractivity contribution in [2.24, 2.45) is 0 Å². The number of benzene rings is 3. The SMILES string of the molecule is C=CCCc1ccc(F)c(F)c1F.O=C(F)c1ccc(-c2cc(F)c(F)c(F)c2)c(F)c1. The summed E-state index contributed by atoms with van der Waals surface area (Å²) >= 11 is 0. The van der Waals surface area contributed by atoms with Crippen molar-refractivity contribution >= 4 is 6.04 Å². The summed E-state index contributed by atoms with van der Waals surface area (Å²) in [5.41, 5.74) is -0.877. The number of allylic oxidation sites excluding steroid dienone is 1. The number of hydrogen-bond acceptors (Lipinski definition) is 1. The van der Waals surface area contributed by atoms with Crippen LogP contribution in [-0.4, -0.2) is 6.04 Å². The van der Waals surface area contributed by atoms with Crippen LogP contribution in [0.4, 0.5) is 35.1 Å². The maximum Gasteiger partial charge on any atom is 0.332 e. The molecule has 0 amide bonds. The average molecular weight is 458 g/mol. The molecule has 0 heterocycles. The molecule has 0 aliphatic heterocycles. The first-order chi connectivity index (χ1) is 15.1. The van der Waals surface area contributed by atoms with Gasteiger partial charge in [0.05, 0.1) is 5.56 Å². The third kappa shape index (κ3) is 5.81. The second-order valence-corrected chi connectivity index (χ2v) is 6.38. The average Bonchev–Trinajstić information content (AvgIpc) is 2.75. The van der Waals surface area contributed by atoms with Gasteiger partial charge in [0, 0.05) is 5.56 Å². The van der Waals surface area contributed by atoms with Gasteiger partial charge in [0.2, 0.25) is 0 Å². The first-order valence-corrected chi connectivity index (χ1v) is 8.94. The second-order valence-electron chi connectivity index (χ2n) is 6.38. The van der Waals surface area contributed by atoms with E-state index >= 15 is 0 Å². The van der Waals surface area contributed by atoms with Crippen LogP contribution in [0.15, 0.2) is 55.1 Å². The minimum Gasteiger partial charge on any atom is -0.255 e. The Morgan fingerprint density at radius 1 is 0.750 bits per heavy atom. The molecule has 0 aromatic heterocycles. The van der Waals surface area contributed by atoms with Crippen LogP contribution in [0.1, 0.15) is 22.3 Å². The standard InChI is InChI=1S/C13H5F5O.C10H9F3/c14-9-3-6(13(18)19)1-2-8(9)7-4-10(15)12(17)11(16)5-7;1-2-3-4-7-5-6-8(11)10(13)9(7)12/h1-5H;2,5-6H,1,3-4H2. The van der Waals surface area contributed by atoms with Crippen molar-refractivity contribution < 1.29 is 39.9 Å². The van der Waals surface area contributed by atoms with Crippen molar-refractivity contribution in [2.45, 2.75) is 12.8 Å². The van der Waals surface area contributed by atoms with Crippen molar-refractivity contribution in [3.8, 4) is 11.1 Å². The van der Waals surface area contributed by atoms with Gasteiger partial charge in [-0.25, -0.2) is 30.7 Å². The van der Waals surface area contributed by atoms with Gasteiger partial charge in [0.1, 0.15) is 5.82 Å². The molecule has 0 saturated carbocycles. The van der Waals surface area contributed by atoms with Crippen molar-refractivity contribution in [1.82, 2.24) is 0 Å². The lowest BCUT2D eigenvalue weighted by molar-refractivity contribution is 0.0835. The van der Waals surface area contributed by atoms with E-state index in [0.29, 0.717) is 31.0 Å². The van der Waals surface area contributed by atoms with Crippen LogP contribution >= 0.6 is 0 Å². The normalized spacial score (nSPS) is 10.4. The van der Waals surface area contributed by atoms with Crippen LogP contribution in [0.3, 0.4) is 0 Å². The highest BCUT2D eigenvalue weighted by molar-refractivity contribution is 5.89. The van der Waals surface area contributed by atoms with Gasteiger partial charge in [0.15, 0.2) is 34.9 Å². The molecular weight excluding hydrogens is 444 g/mol. The molecule has 0 aliphatic carbocycles. The Balaban J connectivity index is 0.000000244. The van der Waals surface area contributed by atoms with Crippen LogP contribution in [0, 0.1) is 40.7 Å². The summed E-state index contributed by atoms with van der Waals surface area (Å²) < 4.78 is 103. The highest BCUT2D eigenvalue weighted by atomic mass is 19.2. The third-order valence-corrected chi connectivity index (χ3v) is 4.22. The van der Waals surface area contributed by atoms with Crippen LogP contribution < -0.4 is 0 Å². The van der Waals surface area contributed by atoms with Crippen LogP contribution in [0.5, 0.6) is 0 Å². The summed E-state index contributed by atoms with van der Waals surface area (Å²) in [6.45, 7) is 3.46. The van der Waals surface area contributed by atoms with E-state index in [1.807, 2.05) is 0 Å². The Morgan fingerprint density at radius 3 is 1.91 bits per heavy atom.